The zero-order valence-corrected chi connectivity index (χ0v) is 20.5. The molecule has 2 aliphatic heterocycles. The van der Waals surface area contributed by atoms with Gasteiger partial charge in [-0.3, -0.25) is 9.59 Å². The predicted octanol–water partition coefficient (Wildman–Crippen LogP) is 6.36. The quantitative estimate of drug-likeness (QED) is 0.423. The molecule has 1 saturated heterocycles. The molecule has 0 aromatic heterocycles. The van der Waals surface area contributed by atoms with E-state index in [2.05, 4.69) is 13.8 Å². The van der Waals surface area contributed by atoms with Gasteiger partial charge in [-0.25, -0.2) is 0 Å². The molecule has 1 spiro atoms. The minimum atomic E-state index is -1.20. The van der Waals surface area contributed by atoms with Crippen LogP contribution in [0, 0.1) is 0 Å². The zero-order chi connectivity index (χ0) is 23.4. The molecule has 0 aliphatic carbocycles. The van der Waals surface area contributed by atoms with Gasteiger partial charge in [-0.05, 0) is 55.8 Å². The van der Waals surface area contributed by atoms with Crippen LogP contribution in [0.3, 0.4) is 0 Å². The Balaban J connectivity index is 1.66. The number of anilines is 1. The molecule has 0 saturated carbocycles. The fraction of sp³-hybridized carbons (Fsp3) is 0.231. The molecule has 1 atom stereocenters. The summed E-state index contributed by atoms with van der Waals surface area (Å²) in [6.07, 6.45) is 0. The highest BCUT2D eigenvalue weighted by Crippen LogP contribution is 2.60. The van der Waals surface area contributed by atoms with Gasteiger partial charge in [-0.15, -0.1) is 11.8 Å². The van der Waals surface area contributed by atoms with Crippen LogP contribution in [-0.4, -0.2) is 28.0 Å². The van der Waals surface area contributed by atoms with Gasteiger partial charge >= 0.3 is 0 Å². The van der Waals surface area contributed by atoms with Gasteiger partial charge in [-0.1, -0.05) is 59.6 Å². The number of thioether (sulfide) groups is 1. The van der Waals surface area contributed by atoms with E-state index in [-0.39, 0.29) is 16.6 Å². The van der Waals surface area contributed by atoms with Gasteiger partial charge in [0.05, 0.1) is 12.2 Å². The first-order valence-electron chi connectivity index (χ1n) is 10.6. The van der Waals surface area contributed by atoms with Crippen LogP contribution >= 0.6 is 35.0 Å². The Bertz CT molecular complexity index is 1260. The zero-order valence-electron chi connectivity index (χ0n) is 18.2. The number of amides is 2. The van der Waals surface area contributed by atoms with E-state index < -0.39 is 4.87 Å². The summed E-state index contributed by atoms with van der Waals surface area (Å²) < 4.78 is -0.341. The van der Waals surface area contributed by atoms with Crippen LogP contribution in [0.4, 0.5) is 5.69 Å². The Kier molecular flexibility index (Phi) is 5.47. The maximum atomic E-state index is 14.2. The highest BCUT2D eigenvalue weighted by molar-refractivity contribution is 8.02. The van der Waals surface area contributed by atoms with Crippen molar-refractivity contribution in [3.8, 4) is 0 Å². The molecule has 168 valence electrons. The second kappa shape index (κ2) is 8.08. The summed E-state index contributed by atoms with van der Waals surface area (Å²) in [6, 6.07) is 22.2. The van der Waals surface area contributed by atoms with Crippen molar-refractivity contribution in [2.75, 3.05) is 11.4 Å². The number of carbonyl (C=O) groups is 2. The monoisotopic (exact) mass is 496 g/mol. The van der Waals surface area contributed by atoms with Crippen molar-refractivity contribution < 1.29 is 9.59 Å². The average Bonchev–Trinajstić information content (AvgIpc) is 3.20. The first-order valence-corrected chi connectivity index (χ1v) is 12.2. The highest BCUT2D eigenvalue weighted by Gasteiger charge is 2.63. The van der Waals surface area contributed by atoms with Crippen molar-refractivity contribution in [1.82, 2.24) is 4.90 Å². The Morgan fingerprint density at radius 1 is 0.970 bits per heavy atom. The van der Waals surface area contributed by atoms with Crippen LogP contribution in [0.5, 0.6) is 0 Å². The number of hydrogen-bond donors (Lipinski definition) is 0. The third-order valence-electron chi connectivity index (χ3n) is 5.99. The molecule has 0 bridgehead atoms. The Morgan fingerprint density at radius 3 is 2.42 bits per heavy atom. The molecule has 33 heavy (non-hydrogen) atoms. The number of fused-ring (bicyclic) bond motifs is 2. The number of benzene rings is 3. The van der Waals surface area contributed by atoms with Crippen LogP contribution < -0.4 is 4.90 Å². The topological polar surface area (TPSA) is 40.6 Å². The van der Waals surface area contributed by atoms with Crippen LogP contribution in [-0.2, 0) is 16.2 Å². The molecule has 5 rings (SSSR count). The van der Waals surface area contributed by atoms with Crippen LogP contribution in [0.2, 0.25) is 10.0 Å². The van der Waals surface area contributed by atoms with Gasteiger partial charge in [0.1, 0.15) is 0 Å². The number of carbonyl (C=O) groups excluding carboxylic acids is 2. The second-order valence-corrected chi connectivity index (χ2v) is 11.7. The van der Waals surface area contributed by atoms with Gasteiger partial charge in [0, 0.05) is 32.5 Å². The second-order valence-electron chi connectivity index (χ2n) is 8.95. The van der Waals surface area contributed by atoms with Crippen molar-refractivity contribution in [3.05, 3.63) is 99.5 Å². The molecule has 2 heterocycles. The number of nitrogens with zero attached hydrogens (tertiary/aromatic N) is 2. The van der Waals surface area contributed by atoms with Gasteiger partial charge in [0.2, 0.25) is 0 Å². The third kappa shape index (κ3) is 3.72. The molecule has 3 aromatic carbocycles. The van der Waals surface area contributed by atoms with Gasteiger partial charge < -0.3 is 9.80 Å². The lowest BCUT2D eigenvalue weighted by Crippen LogP contribution is -2.50. The summed E-state index contributed by atoms with van der Waals surface area (Å²) in [6.45, 7) is 4.94. The molecule has 0 radical (unpaired) electrons. The van der Waals surface area contributed by atoms with Crippen molar-refractivity contribution in [3.63, 3.8) is 0 Å². The van der Waals surface area contributed by atoms with Gasteiger partial charge in [0.15, 0.2) is 4.87 Å². The Morgan fingerprint density at radius 2 is 1.70 bits per heavy atom. The summed E-state index contributed by atoms with van der Waals surface area (Å²) in [5.74, 6) is -0.356. The van der Waals surface area contributed by atoms with Crippen LogP contribution in [0.25, 0.3) is 0 Å². The lowest BCUT2D eigenvalue weighted by molar-refractivity contribution is -0.123. The fourth-order valence-corrected chi connectivity index (χ4v) is 6.76. The Hall–Kier alpha value is -2.47. The SMILES string of the molecule is CC1(C)CN(C(=O)c2cccc(Cl)c2)C2(S1)C(=O)N(Cc1ccccc1)c1ccc(Cl)cc12. The highest BCUT2D eigenvalue weighted by atomic mass is 35.5. The molecule has 2 aliphatic rings. The normalized spacial score (nSPS) is 21.0. The molecule has 1 unspecified atom stereocenters. The van der Waals surface area contributed by atoms with Crippen molar-refractivity contribution in [2.24, 2.45) is 0 Å². The summed E-state index contributed by atoms with van der Waals surface area (Å²) in [5, 5.41) is 1.01. The fourth-order valence-electron chi connectivity index (χ4n) is 4.68. The van der Waals surface area contributed by atoms with Gasteiger partial charge in [-0.2, -0.15) is 0 Å². The van der Waals surface area contributed by atoms with E-state index in [4.69, 9.17) is 23.2 Å². The van der Waals surface area contributed by atoms with E-state index in [1.54, 1.807) is 40.1 Å². The molecule has 4 nitrogen and oxygen atoms in total. The molecular formula is C26H22Cl2N2O2S. The first kappa shape index (κ1) is 22.3. The minimum absolute atomic E-state index is 0.130. The molecular weight excluding hydrogens is 475 g/mol. The Labute approximate surface area is 207 Å². The van der Waals surface area contributed by atoms with E-state index in [9.17, 15) is 9.59 Å². The maximum absolute atomic E-state index is 14.2. The number of rotatable bonds is 3. The molecule has 3 aromatic rings. The van der Waals surface area contributed by atoms with Crippen molar-refractivity contribution >= 4 is 52.5 Å². The maximum Gasteiger partial charge on any atom is 0.268 e. The third-order valence-corrected chi connectivity index (χ3v) is 8.05. The summed E-state index contributed by atoms with van der Waals surface area (Å²) in [7, 11) is 0. The number of halogens is 2. The largest absolute Gasteiger partial charge is 0.310 e. The van der Waals surface area contributed by atoms with E-state index in [0.717, 1.165) is 16.8 Å². The molecule has 7 heteroatoms. The van der Waals surface area contributed by atoms with E-state index in [0.29, 0.717) is 28.7 Å². The summed E-state index contributed by atoms with van der Waals surface area (Å²) in [5.41, 5.74) is 3.00. The smallest absolute Gasteiger partial charge is 0.268 e. The van der Waals surface area contributed by atoms with Crippen molar-refractivity contribution in [2.45, 2.75) is 30.0 Å². The number of hydrogen-bond acceptors (Lipinski definition) is 3. The standard InChI is InChI=1S/C26H22Cl2N2O2S/c1-25(2)16-30(23(31)18-9-6-10-19(27)13-18)26(33-25)21-14-20(28)11-12-22(21)29(24(26)32)15-17-7-4-3-5-8-17/h3-14H,15-16H2,1-2H3. The molecule has 0 N–H and O–H groups in total. The first-order chi connectivity index (χ1) is 15.7. The van der Waals surface area contributed by atoms with Crippen LogP contribution in [0.15, 0.2) is 72.8 Å². The van der Waals surface area contributed by atoms with Gasteiger partial charge in [0.25, 0.3) is 11.8 Å². The van der Waals surface area contributed by atoms with Crippen molar-refractivity contribution in [1.29, 1.82) is 0 Å². The average molecular weight is 497 g/mol. The van der Waals surface area contributed by atoms with E-state index in [1.165, 1.54) is 11.8 Å². The lowest BCUT2D eigenvalue weighted by atomic mass is 10.0. The van der Waals surface area contributed by atoms with E-state index >= 15 is 0 Å². The lowest BCUT2D eigenvalue weighted by Gasteiger charge is -2.33. The molecule has 1 fully saturated rings. The minimum Gasteiger partial charge on any atom is -0.310 e. The van der Waals surface area contributed by atoms with E-state index in [1.807, 2.05) is 42.5 Å². The predicted molar refractivity (Wildman–Crippen MR) is 135 cm³/mol. The molecule has 2 amide bonds. The summed E-state index contributed by atoms with van der Waals surface area (Å²) >= 11 is 14.1. The van der Waals surface area contributed by atoms with Crippen LogP contribution in [0.1, 0.15) is 35.3 Å². The summed E-state index contributed by atoms with van der Waals surface area (Å²) in [4.78, 5) is 30.3.